The fraction of sp³-hybridized carbons (Fsp3) is 0.317. The summed E-state index contributed by atoms with van der Waals surface area (Å²) in [6, 6.07) is 24.2. The average molecular weight is 703 g/mol. The molecule has 11 nitrogen and oxygen atoms in total. The van der Waals surface area contributed by atoms with Crippen LogP contribution in [0, 0.1) is 13.8 Å². The van der Waals surface area contributed by atoms with Crippen molar-refractivity contribution in [2.75, 3.05) is 23.3 Å². The molecule has 268 valence electrons. The zero-order chi connectivity index (χ0) is 37.5. The van der Waals surface area contributed by atoms with Crippen LogP contribution < -0.4 is 14.8 Å². The van der Waals surface area contributed by atoms with E-state index in [0.717, 1.165) is 22.3 Å². The van der Waals surface area contributed by atoms with Crippen molar-refractivity contribution < 1.29 is 33.2 Å². The summed E-state index contributed by atoms with van der Waals surface area (Å²) < 4.78 is 13.5. The predicted octanol–water partition coefficient (Wildman–Crippen LogP) is 8.06. The third-order valence-electron chi connectivity index (χ3n) is 8.53. The summed E-state index contributed by atoms with van der Waals surface area (Å²) >= 11 is 0. The molecule has 52 heavy (non-hydrogen) atoms. The van der Waals surface area contributed by atoms with Crippen LogP contribution in [0.3, 0.4) is 0 Å². The summed E-state index contributed by atoms with van der Waals surface area (Å²) in [4.78, 5) is 60.7. The quantitative estimate of drug-likeness (QED) is 0.103. The Labute approximate surface area is 303 Å². The fourth-order valence-electron chi connectivity index (χ4n) is 6.30. The number of aromatic nitrogens is 2. The number of para-hydroxylation sites is 1. The van der Waals surface area contributed by atoms with Gasteiger partial charge < -0.3 is 9.47 Å². The van der Waals surface area contributed by atoms with E-state index in [4.69, 9.17) is 14.5 Å². The van der Waals surface area contributed by atoms with E-state index in [1.165, 1.54) is 4.90 Å². The molecule has 1 aliphatic rings. The summed E-state index contributed by atoms with van der Waals surface area (Å²) in [5.41, 5.74) is 5.75. The normalized spacial score (nSPS) is 13.0. The Balaban J connectivity index is 1.44. The van der Waals surface area contributed by atoms with E-state index in [1.807, 2.05) is 93.8 Å². The second-order valence-corrected chi connectivity index (χ2v) is 15.0. The zero-order valence-electron chi connectivity index (χ0n) is 30.9. The second kappa shape index (κ2) is 13.7. The van der Waals surface area contributed by atoms with Crippen LogP contribution in [0.4, 0.5) is 21.0 Å². The molecule has 0 atom stereocenters. The van der Waals surface area contributed by atoms with Crippen molar-refractivity contribution in [2.24, 2.45) is 0 Å². The number of amides is 4. The molecule has 0 saturated heterocycles. The van der Waals surface area contributed by atoms with Gasteiger partial charge in [0.1, 0.15) is 22.2 Å². The van der Waals surface area contributed by atoms with E-state index >= 15 is 0 Å². The molecule has 6 rings (SSSR count). The number of nitrogens with zero attached hydrogens (tertiary/aromatic N) is 4. The second-order valence-electron chi connectivity index (χ2n) is 15.0. The summed E-state index contributed by atoms with van der Waals surface area (Å²) in [6.07, 6.45) is -0.811. The Kier molecular flexibility index (Phi) is 9.48. The average Bonchev–Trinajstić information content (AvgIpc) is 3.29. The molecule has 1 aliphatic heterocycles. The number of hydrogen-bond donors (Lipinski definition) is 1. The summed E-state index contributed by atoms with van der Waals surface area (Å²) in [6.45, 7) is 15.0. The van der Waals surface area contributed by atoms with Crippen molar-refractivity contribution in [1.82, 2.24) is 9.88 Å². The molecule has 0 aliphatic carbocycles. The smallest absolute Gasteiger partial charge is 0.414 e. The zero-order valence-corrected chi connectivity index (χ0v) is 30.9. The van der Waals surface area contributed by atoms with Crippen LogP contribution in [-0.4, -0.2) is 58.2 Å². The maximum atomic E-state index is 13.9. The van der Waals surface area contributed by atoms with Crippen molar-refractivity contribution in [2.45, 2.75) is 73.0 Å². The number of ether oxygens (including phenoxy) is 2. The lowest BCUT2D eigenvalue weighted by Gasteiger charge is -2.29. The fourth-order valence-corrected chi connectivity index (χ4v) is 6.30. The maximum Gasteiger partial charge on any atom is 0.414 e. The molecule has 4 aromatic carbocycles. The molecule has 0 spiro atoms. The largest absolute Gasteiger partial charge is 0.444 e. The molecular formula is C41H44N5O6+. The molecule has 11 heteroatoms. The number of imide groups is 1. The highest BCUT2D eigenvalue weighted by Gasteiger charge is 2.35. The molecular weight excluding hydrogens is 658 g/mol. The Hall–Kier alpha value is -5.84. The minimum Gasteiger partial charge on any atom is -0.444 e. The Morgan fingerprint density at radius 2 is 1.33 bits per heavy atom. The number of fused-ring (bicyclic) bond motifs is 3. The van der Waals surface area contributed by atoms with E-state index in [9.17, 15) is 19.2 Å². The summed E-state index contributed by atoms with van der Waals surface area (Å²) in [5.74, 6) is -0.687. The molecule has 0 fully saturated rings. The van der Waals surface area contributed by atoms with Crippen molar-refractivity contribution >= 4 is 57.4 Å². The molecule has 5 aromatic rings. The number of aryl methyl sites for hydroxylation is 2. The van der Waals surface area contributed by atoms with Crippen LogP contribution in [0.2, 0.25) is 0 Å². The first-order valence-corrected chi connectivity index (χ1v) is 17.3. The van der Waals surface area contributed by atoms with Crippen LogP contribution in [0.25, 0.3) is 27.8 Å². The van der Waals surface area contributed by atoms with Gasteiger partial charge in [0.25, 0.3) is 11.8 Å². The number of nitrogens with one attached hydrogen (secondary N) is 1. The van der Waals surface area contributed by atoms with E-state index in [1.54, 1.807) is 49.9 Å². The van der Waals surface area contributed by atoms with E-state index in [-0.39, 0.29) is 24.9 Å². The highest BCUT2D eigenvalue weighted by molar-refractivity contribution is 6.21. The number of carbonyl (C=O) groups is 4. The first kappa shape index (κ1) is 36.0. The van der Waals surface area contributed by atoms with Crippen molar-refractivity contribution in [3.05, 3.63) is 101 Å². The Bertz CT molecular complexity index is 2200. The number of anilines is 2. The lowest BCUT2D eigenvalue weighted by Crippen LogP contribution is -2.40. The monoisotopic (exact) mass is 702 g/mol. The number of rotatable bonds is 7. The molecule has 1 aromatic heterocycles. The minimum absolute atomic E-state index is 0.126. The van der Waals surface area contributed by atoms with Gasteiger partial charge in [0.2, 0.25) is 16.7 Å². The third kappa shape index (κ3) is 7.44. The topological polar surface area (TPSA) is 122 Å². The molecule has 0 radical (unpaired) electrons. The highest BCUT2D eigenvalue weighted by Crippen LogP contribution is 2.31. The van der Waals surface area contributed by atoms with Crippen LogP contribution in [0.15, 0.2) is 78.9 Å². The van der Waals surface area contributed by atoms with Gasteiger partial charge in [0.05, 0.1) is 22.5 Å². The SMILES string of the molecule is Cc1cc2nc3cc(C)c(N(CCCN4C(=O)c5ccccc5C4=O)C(=O)OC(C)(C)C)cc3[n+](-c3ccccc3)c2cc1NC(=O)OC(C)(C)C. The molecule has 2 heterocycles. The molecule has 0 saturated carbocycles. The van der Waals surface area contributed by atoms with Crippen LogP contribution in [-0.2, 0) is 9.47 Å². The van der Waals surface area contributed by atoms with Gasteiger partial charge in [-0.1, -0.05) is 30.3 Å². The van der Waals surface area contributed by atoms with Crippen LogP contribution in [0.5, 0.6) is 0 Å². The molecule has 0 unspecified atom stereocenters. The van der Waals surface area contributed by atoms with E-state index in [0.29, 0.717) is 45.5 Å². The summed E-state index contributed by atoms with van der Waals surface area (Å²) in [7, 11) is 0. The first-order chi connectivity index (χ1) is 24.5. The maximum absolute atomic E-state index is 13.9. The van der Waals surface area contributed by atoms with Gasteiger partial charge in [-0.15, -0.1) is 4.57 Å². The first-order valence-electron chi connectivity index (χ1n) is 17.3. The van der Waals surface area contributed by atoms with Crippen molar-refractivity contribution in [3.8, 4) is 5.69 Å². The predicted molar refractivity (Wildman–Crippen MR) is 200 cm³/mol. The number of benzene rings is 4. The van der Waals surface area contributed by atoms with Crippen molar-refractivity contribution in [1.29, 1.82) is 0 Å². The summed E-state index contributed by atoms with van der Waals surface area (Å²) in [5, 5.41) is 2.90. The van der Waals surface area contributed by atoms with E-state index in [2.05, 4.69) is 5.32 Å². The standard InChI is InChI=1S/C41H43N5O6/c1-25-21-31-34(23-30(25)43-38(49)51-40(3,4)5)46(27-15-10-9-11-16-27)35-24-33(26(2)22-32(35)42-31)44(39(50)52-41(6,7)8)19-14-20-45-36(47)28-17-12-13-18-29(28)37(45)48/h9-13,15-18,21-24H,14,19-20H2,1-8H3/p+1. The Morgan fingerprint density at radius 1 is 0.769 bits per heavy atom. The lowest BCUT2D eigenvalue weighted by molar-refractivity contribution is -0.538. The number of carbonyl (C=O) groups excluding carboxylic acids is 4. The van der Waals surface area contributed by atoms with Gasteiger partial charge in [-0.05, 0) is 97.2 Å². The van der Waals surface area contributed by atoms with Gasteiger partial charge in [-0.3, -0.25) is 24.7 Å². The lowest BCUT2D eigenvalue weighted by atomic mass is 10.1. The minimum atomic E-state index is -0.778. The van der Waals surface area contributed by atoms with E-state index < -0.39 is 23.4 Å². The van der Waals surface area contributed by atoms with Crippen molar-refractivity contribution in [3.63, 3.8) is 0 Å². The van der Waals surface area contributed by atoms with Crippen LogP contribution >= 0.6 is 0 Å². The molecule has 4 amide bonds. The van der Waals surface area contributed by atoms with Gasteiger partial charge >= 0.3 is 12.2 Å². The highest BCUT2D eigenvalue weighted by atomic mass is 16.6. The molecule has 1 N–H and O–H groups in total. The van der Waals surface area contributed by atoms with Gasteiger partial charge in [-0.25, -0.2) is 14.6 Å². The third-order valence-corrected chi connectivity index (χ3v) is 8.53. The number of hydrogen-bond acceptors (Lipinski definition) is 7. The van der Waals surface area contributed by atoms with Gasteiger partial charge in [-0.2, -0.15) is 0 Å². The van der Waals surface area contributed by atoms with Crippen LogP contribution in [0.1, 0.15) is 79.8 Å². The Morgan fingerprint density at radius 3 is 1.92 bits per heavy atom. The van der Waals surface area contributed by atoms with Gasteiger partial charge in [0.15, 0.2) is 0 Å². The molecule has 0 bridgehead atoms. The van der Waals surface area contributed by atoms with Gasteiger partial charge in [0, 0.05) is 37.4 Å².